The third kappa shape index (κ3) is 2.63. The van der Waals surface area contributed by atoms with Crippen LogP contribution in [0.2, 0.25) is 0 Å². The van der Waals surface area contributed by atoms with E-state index in [2.05, 4.69) is 18.9 Å². The molecule has 3 unspecified atom stereocenters. The smallest absolute Gasteiger partial charge is 0.310 e. The maximum absolute atomic E-state index is 11.2. The monoisotopic (exact) mass is 241 g/mol. The minimum absolute atomic E-state index is 0.0445. The highest BCUT2D eigenvalue weighted by Crippen LogP contribution is 2.32. The second-order valence-corrected chi connectivity index (χ2v) is 5.50. The Morgan fingerprint density at radius 1 is 1.35 bits per heavy atom. The van der Waals surface area contributed by atoms with Gasteiger partial charge < -0.3 is 9.84 Å². The summed E-state index contributed by atoms with van der Waals surface area (Å²) in [5.41, 5.74) is 0. The van der Waals surface area contributed by atoms with Gasteiger partial charge in [0.1, 0.15) is 0 Å². The molecule has 2 aliphatic rings. The lowest BCUT2D eigenvalue weighted by atomic mass is 9.94. The Labute approximate surface area is 103 Å². The van der Waals surface area contributed by atoms with Gasteiger partial charge >= 0.3 is 5.97 Å². The zero-order valence-electron chi connectivity index (χ0n) is 10.8. The number of carboxylic acids is 1. The standard InChI is InChI=1S/C13H23NO3/c1-9(10-5-3-4-6-10)14(2)12-8-17-7-11(12)13(15)16/h9-12H,3-8H2,1-2H3,(H,15,16). The number of hydrogen-bond acceptors (Lipinski definition) is 3. The van der Waals surface area contributed by atoms with E-state index in [9.17, 15) is 9.90 Å². The Bertz CT molecular complexity index is 276. The van der Waals surface area contributed by atoms with Gasteiger partial charge in [0.05, 0.1) is 19.1 Å². The normalized spacial score (nSPS) is 32.2. The topological polar surface area (TPSA) is 49.8 Å². The lowest BCUT2D eigenvalue weighted by Gasteiger charge is -2.35. The number of aliphatic carboxylic acids is 1. The molecule has 17 heavy (non-hydrogen) atoms. The first-order valence-corrected chi connectivity index (χ1v) is 6.63. The van der Waals surface area contributed by atoms with Crippen LogP contribution < -0.4 is 0 Å². The summed E-state index contributed by atoms with van der Waals surface area (Å²) < 4.78 is 5.34. The molecule has 1 heterocycles. The number of ether oxygens (including phenoxy) is 1. The molecule has 0 radical (unpaired) electrons. The molecule has 0 amide bonds. The van der Waals surface area contributed by atoms with E-state index in [1.807, 2.05) is 0 Å². The number of carboxylic acid groups (broad SMARTS) is 1. The maximum Gasteiger partial charge on any atom is 0.310 e. The lowest BCUT2D eigenvalue weighted by Crippen LogP contribution is -2.47. The molecule has 2 fully saturated rings. The van der Waals surface area contributed by atoms with E-state index in [0.29, 0.717) is 19.3 Å². The van der Waals surface area contributed by atoms with Crippen molar-refractivity contribution in [2.45, 2.75) is 44.7 Å². The predicted octanol–water partition coefficient (Wildman–Crippen LogP) is 1.60. The summed E-state index contributed by atoms with van der Waals surface area (Å²) in [4.78, 5) is 13.4. The number of nitrogens with zero attached hydrogens (tertiary/aromatic N) is 1. The largest absolute Gasteiger partial charge is 0.481 e. The van der Waals surface area contributed by atoms with Crippen LogP contribution in [0.25, 0.3) is 0 Å². The van der Waals surface area contributed by atoms with Crippen molar-refractivity contribution in [1.82, 2.24) is 4.90 Å². The van der Waals surface area contributed by atoms with Crippen LogP contribution in [0.5, 0.6) is 0 Å². The van der Waals surface area contributed by atoms with Crippen molar-refractivity contribution in [2.75, 3.05) is 20.3 Å². The van der Waals surface area contributed by atoms with Crippen LogP contribution >= 0.6 is 0 Å². The van der Waals surface area contributed by atoms with Crippen LogP contribution in [0.3, 0.4) is 0 Å². The molecular weight excluding hydrogens is 218 g/mol. The fraction of sp³-hybridized carbons (Fsp3) is 0.923. The Morgan fingerprint density at radius 3 is 2.59 bits per heavy atom. The van der Waals surface area contributed by atoms with Gasteiger partial charge in [-0.15, -0.1) is 0 Å². The van der Waals surface area contributed by atoms with E-state index < -0.39 is 5.97 Å². The SMILES string of the molecule is CC(C1CCCC1)N(C)C1COCC1C(=O)O. The summed E-state index contributed by atoms with van der Waals surface area (Å²) in [7, 11) is 2.05. The van der Waals surface area contributed by atoms with Gasteiger partial charge in [0, 0.05) is 12.1 Å². The van der Waals surface area contributed by atoms with Crippen LogP contribution in [0, 0.1) is 11.8 Å². The second kappa shape index (κ2) is 5.36. The molecular formula is C13H23NO3. The third-order valence-electron chi connectivity index (χ3n) is 4.62. The molecule has 0 aromatic carbocycles. The van der Waals surface area contributed by atoms with Crippen LogP contribution in [-0.4, -0.2) is 48.3 Å². The van der Waals surface area contributed by atoms with Gasteiger partial charge in [0.25, 0.3) is 0 Å². The molecule has 1 saturated heterocycles. The summed E-state index contributed by atoms with van der Waals surface area (Å²) in [5.74, 6) is -0.350. The van der Waals surface area contributed by atoms with Gasteiger partial charge in [-0.3, -0.25) is 9.69 Å². The number of hydrogen-bond donors (Lipinski definition) is 1. The Morgan fingerprint density at radius 2 is 2.00 bits per heavy atom. The highest BCUT2D eigenvalue weighted by molar-refractivity contribution is 5.71. The van der Waals surface area contributed by atoms with Crippen LogP contribution in [0.4, 0.5) is 0 Å². The Kier molecular flexibility index (Phi) is 4.05. The fourth-order valence-electron chi connectivity index (χ4n) is 3.25. The van der Waals surface area contributed by atoms with Crippen LogP contribution in [-0.2, 0) is 9.53 Å². The van der Waals surface area contributed by atoms with E-state index in [1.54, 1.807) is 0 Å². The van der Waals surface area contributed by atoms with Gasteiger partial charge in [0.15, 0.2) is 0 Å². The summed E-state index contributed by atoms with van der Waals surface area (Å²) in [6.07, 6.45) is 5.23. The lowest BCUT2D eigenvalue weighted by molar-refractivity contribution is -0.143. The van der Waals surface area contributed by atoms with Crippen molar-refractivity contribution >= 4 is 5.97 Å². The minimum Gasteiger partial charge on any atom is -0.481 e. The quantitative estimate of drug-likeness (QED) is 0.812. The number of carbonyl (C=O) groups is 1. The van der Waals surface area contributed by atoms with E-state index >= 15 is 0 Å². The third-order valence-corrected chi connectivity index (χ3v) is 4.62. The molecule has 1 N–H and O–H groups in total. The van der Waals surface area contributed by atoms with Gasteiger partial charge in [-0.05, 0) is 32.7 Å². The molecule has 4 nitrogen and oxygen atoms in total. The fourth-order valence-corrected chi connectivity index (χ4v) is 3.25. The predicted molar refractivity (Wildman–Crippen MR) is 64.9 cm³/mol. The van der Waals surface area contributed by atoms with Crippen LogP contribution in [0.1, 0.15) is 32.6 Å². The van der Waals surface area contributed by atoms with Crippen molar-refractivity contribution in [1.29, 1.82) is 0 Å². The van der Waals surface area contributed by atoms with Gasteiger partial charge in [-0.2, -0.15) is 0 Å². The van der Waals surface area contributed by atoms with E-state index in [1.165, 1.54) is 25.7 Å². The molecule has 4 heteroatoms. The Balaban J connectivity index is 1.97. The number of likely N-dealkylation sites (N-methyl/N-ethyl adjacent to an activating group) is 1. The van der Waals surface area contributed by atoms with E-state index in [-0.39, 0.29) is 12.0 Å². The van der Waals surface area contributed by atoms with Crippen LogP contribution in [0.15, 0.2) is 0 Å². The van der Waals surface area contributed by atoms with Crippen molar-refractivity contribution in [3.8, 4) is 0 Å². The summed E-state index contributed by atoms with van der Waals surface area (Å²) in [5, 5.41) is 9.17. The molecule has 2 rings (SSSR count). The van der Waals surface area contributed by atoms with E-state index in [0.717, 1.165) is 5.92 Å². The van der Waals surface area contributed by atoms with Crippen molar-refractivity contribution < 1.29 is 14.6 Å². The highest BCUT2D eigenvalue weighted by atomic mass is 16.5. The Hall–Kier alpha value is -0.610. The molecule has 3 atom stereocenters. The zero-order valence-corrected chi connectivity index (χ0v) is 10.8. The van der Waals surface area contributed by atoms with Crippen molar-refractivity contribution in [3.63, 3.8) is 0 Å². The molecule has 1 aliphatic carbocycles. The molecule has 0 spiro atoms. The molecule has 98 valence electrons. The summed E-state index contributed by atoms with van der Waals surface area (Å²) in [6.45, 7) is 3.15. The van der Waals surface area contributed by atoms with Crippen molar-refractivity contribution in [2.24, 2.45) is 11.8 Å². The van der Waals surface area contributed by atoms with Gasteiger partial charge in [0.2, 0.25) is 0 Å². The molecule has 0 bridgehead atoms. The van der Waals surface area contributed by atoms with Gasteiger partial charge in [-0.1, -0.05) is 12.8 Å². The maximum atomic E-state index is 11.2. The average molecular weight is 241 g/mol. The number of rotatable bonds is 4. The zero-order chi connectivity index (χ0) is 12.4. The summed E-state index contributed by atoms with van der Waals surface area (Å²) in [6, 6.07) is 0.508. The first kappa shape index (κ1) is 12.8. The first-order chi connectivity index (χ1) is 8.11. The van der Waals surface area contributed by atoms with Crippen molar-refractivity contribution in [3.05, 3.63) is 0 Å². The van der Waals surface area contributed by atoms with E-state index in [4.69, 9.17) is 4.74 Å². The van der Waals surface area contributed by atoms with Gasteiger partial charge in [-0.25, -0.2) is 0 Å². The average Bonchev–Trinajstić information content (AvgIpc) is 2.97. The second-order valence-electron chi connectivity index (χ2n) is 5.50. The first-order valence-electron chi connectivity index (χ1n) is 6.63. The highest BCUT2D eigenvalue weighted by Gasteiger charge is 2.39. The molecule has 1 aliphatic heterocycles. The summed E-state index contributed by atoms with van der Waals surface area (Å²) >= 11 is 0. The molecule has 1 saturated carbocycles. The molecule has 0 aromatic heterocycles. The molecule has 0 aromatic rings. The minimum atomic E-state index is -0.724.